The van der Waals surface area contributed by atoms with Gasteiger partial charge in [0.05, 0.1) is 24.5 Å². The number of ether oxygens (including phenoxy) is 1. The van der Waals surface area contributed by atoms with Gasteiger partial charge in [0.1, 0.15) is 5.82 Å². The standard InChI is InChI=1S/C10H17N3O/c1-3-14-7-9-6-12-10-8(2)11-4-5-13(9)10/h6,8,11H,3-5,7H2,1-2H3. The monoisotopic (exact) mass is 195 g/mol. The molecule has 1 aliphatic heterocycles. The number of hydrogen-bond acceptors (Lipinski definition) is 3. The lowest BCUT2D eigenvalue weighted by molar-refractivity contribution is 0.127. The van der Waals surface area contributed by atoms with E-state index in [0.29, 0.717) is 12.6 Å². The second-order valence-corrected chi connectivity index (χ2v) is 3.57. The Morgan fingerprint density at radius 1 is 1.71 bits per heavy atom. The van der Waals surface area contributed by atoms with Crippen molar-refractivity contribution in [3.05, 3.63) is 17.7 Å². The molecule has 1 N–H and O–H groups in total. The van der Waals surface area contributed by atoms with Crippen molar-refractivity contribution < 1.29 is 4.74 Å². The summed E-state index contributed by atoms with van der Waals surface area (Å²) < 4.78 is 7.66. The van der Waals surface area contributed by atoms with Crippen LogP contribution in [0.5, 0.6) is 0 Å². The zero-order chi connectivity index (χ0) is 9.97. The van der Waals surface area contributed by atoms with Gasteiger partial charge in [-0.25, -0.2) is 4.98 Å². The number of nitrogens with one attached hydrogen (secondary N) is 1. The third-order valence-electron chi connectivity index (χ3n) is 2.60. The topological polar surface area (TPSA) is 39.1 Å². The molecule has 0 spiro atoms. The van der Waals surface area contributed by atoms with Gasteiger partial charge in [-0.2, -0.15) is 0 Å². The largest absolute Gasteiger partial charge is 0.375 e. The molecule has 1 aromatic heterocycles. The number of nitrogens with zero attached hydrogens (tertiary/aromatic N) is 2. The molecule has 0 radical (unpaired) electrons. The van der Waals surface area contributed by atoms with Crippen LogP contribution in [0.3, 0.4) is 0 Å². The van der Waals surface area contributed by atoms with E-state index in [1.165, 1.54) is 5.69 Å². The first kappa shape index (κ1) is 9.68. The summed E-state index contributed by atoms with van der Waals surface area (Å²) in [5, 5.41) is 3.38. The van der Waals surface area contributed by atoms with E-state index in [9.17, 15) is 0 Å². The lowest BCUT2D eigenvalue weighted by atomic mass is 10.2. The molecule has 4 nitrogen and oxygen atoms in total. The SMILES string of the molecule is CCOCc1cnc2n1CCNC2C. The van der Waals surface area contributed by atoms with Crippen LogP contribution in [0.4, 0.5) is 0 Å². The van der Waals surface area contributed by atoms with Crippen molar-refractivity contribution in [3.63, 3.8) is 0 Å². The quantitative estimate of drug-likeness (QED) is 0.784. The number of fused-ring (bicyclic) bond motifs is 1. The molecule has 78 valence electrons. The van der Waals surface area contributed by atoms with Crippen LogP contribution in [0, 0.1) is 0 Å². The van der Waals surface area contributed by atoms with Crippen LogP contribution in [-0.4, -0.2) is 22.7 Å². The van der Waals surface area contributed by atoms with E-state index >= 15 is 0 Å². The number of aromatic nitrogens is 2. The fraction of sp³-hybridized carbons (Fsp3) is 0.700. The van der Waals surface area contributed by atoms with Crippen molar-refractivity contribution in [2.75, 3.05) is 13.2 Å². The Kier molecular flexibility index (Phi) is 2.84. The highest BCUT2D eigenvalue weighted by molar-refractivity contribution is 5.09. The first-order chi connectivity index (χ1) is 6.83. The molecule has 0 aliphatic carbocycles. The average Bonchev–Trinajstić information content (AvgIpc) is 2.60. The Bertz CT molecular complexity index is 308. The van der Waals surface area contributed by atoms with Crippen LogP contribution in [0.2, 0.25) is 0 Å². The van der Waals surface area contributed by atoms with Crippen LogP contribution in [0.25, 0.3) is 0 Å². The van der Waals surface area contributed by atoms with Gasteiger partial charge in [0.2, 0.25) is 0 Å². The van der Waals surface area contributed by atoms with E-state index in [-0.39, 0.29) is 0 Å². The first-order valence-corrected chi connectivity index (χ1v) is 5.18. The average molecular weight is 195 g/mol. The summed E-state index contributed by atoms with van der Waals surface area (Å²) in [5.41, 5.74) is 1.19. The number of hydrogen-bond donors (Lipinski definition) is 1. The molecule has 1 aliphatic rings. The van der Waals surface area contributed by atoms with Gasteiger partial charge in [0.15, 0.2) is 0 Å². The molecule has 14 heavy (non-hydrogen) atoms. The zero-order valence-electron chi connectivity index (χ0n) is 8.79. The minimum atomic E-state index is 0.360. The molecule has 2 rings (SSSR count). The molecule has 2 heterocycles. The summed E-state index contributed by atoms with van der Waals surface area (Å²) in [5.74, 6) is 1.13. The van der Waals surface area contributed by atoms with E-state index in [1.807, 2.05) is 13.1 Å². The van der Waals surface area contributed by atoms with E-state index in [1.54, 1.807) is 0 Å². The Hall–Kier alpha value is -0.870. The highest BCUT2D eigenvalue weighted by Gasteiger charge is 2.19. The highest BCUT2D eigenvalue weighted by atomic mass is 16.5. The lowest BCUT2D eigenvalue weighted by Gasteiger charge is -2.23. The predicted octanol–water partition coefficient (Wildman–Crippen LogP) is 1.08. The van der Waals surface area contributed by atoms with Gasteiger partial charge in [0.25, 0.3) is 0 Å². The fourth-order valence-corrected chi connectivity index (χ4v) is 1.84. The molecule has 0 amide bonds. The van der Waals surface area contributed by atoms with E-state index in [0.717, 1.165) is 25.5 Å². The van der Waals surface area contributed by atoms with Crippen LogP contribution in [-0.2, 0) is 17.9 Å². The second kappa shape index (κ2) is 4.11. The minimum Gasteiger partial charge on any atom is -0.375 e. The fourth-order valence-electron chi connectivity index (χ4n) is 1.84. The summed E-state index contributed by atoms with van der Waals surface area (Å²) in [6.45, 7) is 7.61. The lowest BCUT2D eigenvalue weighted by Crippen LogP contribution is -2.32. The predicted molar refractivity (Wildman–Crippen MR) is 54.0 cm³/mol. The molecule has 0 saturated carbocycles. The normalized spacial score (nSPS) is 20.9. The van der Waals surface area contributed by atoms with Gasteiger partial charge in [-0.1, -0.05) is 0 Å². The maximum Gasteiger partial charge on any atom is 0.125 e. The van der Waals surface area contributed by atoms with Crippen LogP contribution < -0.4 is 5.32 Å². The Balaban J connectivity index is 2.18. The van der Waals surface area contributed by atoms with Gasteiger partial charge < -0.3 is 14.6 Å². The summed E-state index contributed by atoms with van der Waals surface area (Å²) in [6, 6.07) is 0.360. The zero-order valence-corrected chi connectivity index (χ0v) is 8.79. The van der Waals surface area contributed by atoms with Crippen LogP contribution in [0.1, 0.15) is 31.4 Å². The third kappa shape index (κ3) is 1.67. The smallest absolute Gasteiger partial charge is 0.125 e. The number of imidazole rings is 1. The molecule has 1 unspecified atom stereocenters. The second-order valence-electron chi connectivity index (χ2n) is 3.57. The molecular formula is C10H17N3O. The van der Waals surface area contributed by atoms with Gasteiger partial charge in [-0.15, -0.1) is 0 Å². The maximum atomic E-state index is 5.40. The first-order valence-electron chi connectivity index (χ1n) is 5.18. The maximum absolute atomic E-state index is 5.40. The van der Waals surface area contributed by atoms with Crippen LogP contribution in [0.15, 0.2) is 6.20 Å². The van der Waals surface area contributed by atoms with Crippen molar-refractivity contribution in [1.29, 1.82) is 0 Å². The number of rotatable bonds is 3. The molecule has 0 bridgehead atoms. The van der Waals surface area contributed by atoms with Gasteiger partial charge in [0, 0.05) is 19.7 Å². The van der Waals surface area contributed by atoms with E-state index < -0.39 is 0 Å². The Labute approximate surface area is 84.3 Å². The summed E-state index contributed by atoms with van der Waals surface area (Å²) in [6.07, 6.45) is 1.93. The van der Waals surface area contributed by atoms with Crippen molar-refractivity contribution in [2.24, 2.45) is 0 Å². The van der Waals surface area contributed by atoms with Gasteiger partial charge in [-0.3, -0.25) is 0 Å². The van der Waals surface area contributed by atoms with Gasteiger partial charge >= 0.3 is 0 Å². The summed E-state index contributed by atoms with van der Waals surface area (Å²) in [7, 11) is 0. The van der Waals surface area contributed by atoms with Crippen molar-refractivity contribution in [3.8, 4) is 0 Å². The van der Waals surface area contributed by atoms with Crippen molar-refractivity contribution in [1.82, 2.24) is 14.9 Å². The molecule has 4 heteroatoms. The Morgan fingerprint density at radius 3 is 3.36 bits per heavy atom. The third-order valence-corrected chi connectivity index (χ3v) is 2.60. The van der Waals surface area contributed by atoms with Crippen molar-refractivity contribution >= 4 is 0 Å². The minimum absolute atomic E-state index is 0.360. The highest BCUT2D eigenvalue weighted by Crippen LogP contribution is 2.17. The van der Waals surface area contributed by atoms with Crippen LogP contribution >= 0.6 is 0 Å². The Morgan fingerprint density at radius 2 is 2.57 bits per heavy atom. The molecule has 0 fully saturated rings. The van der Waals surface area contributed by atoms with Gasteiger partial charge in [-0.05, 0) is 13.8 Å². The molecule has 0 saturated heterocycles. The molecule has 1 aromatic rings. The van der Waals surface area contributed by atoms with Crippen molar-refractivity contribution in [2.45, 2.75) is 33.0 Å². The van der Waals surface area contributed by atoms with E-state index in [4.69, 9.17) is 4.74 Å². The summed E-state index contributed by atoms with van der Waals surface area (Å²) >= 11 is 0. The molecular weight excluding hydrogens is 178 g/mol. The molecule has 1 atom stereocenters. The summed E-state index contributed by atoms with van der Waals surface area (Å²) in [4.78, 5) is 4.41. The van der Waals surface area contributed by atoms with E-state index in [2.05, 4.69) is 21.8 Å². The molecule has 0 aromatic carbocycles.